The summed E-state index contributed by atoms with van der Waals surface area (Å²) in [5, 5.41) is 20.9. The Morgan fingerprint density at radius 1 is 1.23 bits per heavy atom. The fourth-order valence-corrected chi connectivity index (χ4v) is 9.32. The third-order valence-corrected chi connectivity index (χ3v) is 11.5. The van der Waals surface area contributed by atoms with E-state index in [4.69, 9.17) is 18.9 Å². The predicted molar refractivity (Wildman–Crippen MR) is 146 cm³/mol. The Morgan fingerprint density at radius 3 is 2.58 bits per heavy atom. The second kappa shape index (κ2) is 10.4. The van der Waals surface area contributed by atoms with Gasteiger partial charge in [-0.1, -0.05) is 33.8 Å². The first-order valence-electron chi connectivity index (χ1n) is 14.4. The molecule has 1 heterocycles. The Hall–Kier alpha value is -2.01. The highest BCUT2D eigenvalue weighted by Crippen LogP contribution is 2.70. The van der Waals surface area contributed by atoms with Crippen LogP contribution in [0.2, 0.25) is 0 Å². The lowest BCUT2D eigenvalue weighted by Gasteiger charge is -2.63. The highest BCUT2D eigenvalue weighted by molar-refractivity contribution is 6.61. The van der Waals surface area contributed by atoms with Crippen LogP contribution in [0.15, 0.2) is 12.1 Å². The molecule has 220 valence electrons. The van der Waals surface area contributed by atoms with Crippen molar-refractivity contribution in [3.63, 3.8) is 0 Å². The number of fused-ring (bicyclic) bond motifs is 1. The lowest BCUT2D eigenvalue weighted by atomic mass is 9.41. The van der Waals surface area contributed by atoms with Crippen LogP contribution in [0.4, 0.5) is 4.39 Å². The van der Waals surface area contributed by atoms with Crippen molar-refractivity contribution < 1.29 is 43.0 Å². The molecule has 3 aliphatic carbocycles. The number of ketones is 1. The number of carbonyl (C=O) groups is 2. The van der Waals surface area contributed by atoms with Crippen molar-refractivity contribution in [3.05, 3.63) is 23.5 Å². The first kappa shape index (κ1) is 29.5. The van der Waals surface area contributed by atoms with Crippen molar-refractivity contribution in [2.24, 2.45) is 39.9 Å². The summed E-state index contributed by atoms with van der Waals surface area (Å²) < 4.78 is 38.6. The van der Waals surface area contributed by atoms with Gasteiger partial charge >= 0.3 is 13.1 Å². The summed E-state index contributed by atoms with van der Waals surface area (Å²) in [6.07, 6.45) is 1.97. The van der Waals surface area contributed by atoms with Crippen LogP contribution in [0.3, 0.4) is 0 Å². The van der Waals surface area contributed by atoms with Crippen molar-refractivity contribution in [3.8, 4) is 5.75 Å². The van der Waals surface area contributed by atoms with Crippen LogP contribution in [-0.4, -0.2) is 62.0 Å². The van der Waals surface area contributed by atoms with E-state index in [1.54, 1.807) is 20.3 Å². The van der Waals surface area contributed by atoms with Crippen LogP contribution >= 0.6 is 0 Å². The number of rotatable bonds is 7. The molecule has 0 radical (unpaired) electrons. The second-order valence-corrected chi connectivity index (χ2v) is 13.2. The van der Waals surface area contributed by atoms with Gasteiger partial charge < -0.3 is 29.0 Å². The number of Topliss-reactive ketones (excluding diaryl/α,β-unsaturated/α-hetero) is 1. The SMILES string of the molecule is COC[C@]1(C)C[C@@H](C(Oc2ccc3c(c2F)B(O)OC3)C(=O)O)[C@@]2(C)[C@H](C)CC[C@]3(CC[C@@H](OC)[C@@H]32)[C@@H](C)C1=O. The minimum atomic E-state index is -1.45. The molecule has 9 atom stereocenters. The van der Waals surface area contributed by atoms with E-state index in [9.17, 15) is 19.7 Å². The van der Waals surface area contributed by atoms with Gasteiger partial charge in [0.05, 0.1) is 24.7 Å². The Balaban J connectivity index is 1.68. The van der Waals surface area contributed by atoms with Crippen molar-refractivity contribution in [1.29, 1.82) is 0 Å². The zero-order valence-corrected chi connectivity index (χ0v) is 24.4. The number of carboxylic acid groups (broad SMARTS) is 1. The molecule has 1 unspecified atom stereocenters. The summed E-state index contributed by atoms with van der Waals surface area (Å²) in [6, 6.07) is 3.00. The molecule has 3 saturated carbocycles. The molecule has 0 amide bonds. The maximum Gasteiger partial charge on any atom is 0.494 e. The van der Waals surface area contributed by atoms with Crippen molar-refractivity contribution >= 4 is 24.3 Å². The first-order chi connectivity index (χ1) is 18.9. The summed E-state index contributed by atoms with van der Waals surface area (Å²) in [6.45, 7) is 8.42. The molecule has 10 heteroatoms. The predicted octanol–water partition coefficient (Wildman–Crippen LogP) is 3.60. The summed E-state index contributed by atoms with van der Waals surface area (Å²) in [5.74, 6) is -3.10. The van der Waals surface area contributed by atoms with Crippen LogP contribution in [0, 0.1) is 45.7 Å². The lowest BCUT2D eigenvalue weighted by molar-refractivity contribution is -0.196. The van der Waals surface area contributed by atoms with E-state index < -0.39 is 41.8 Å². The number of carbonyl (C=O) groups excluding carboxylic acids is 1. The highest BCUT2D eigenvalue weighted by atomic mass is 19.1. The zero-order valence-electron chi connectivity index (χ0n) is 24.4. The molecule has 1 aliphatic heterocycles. The average molecular weight is 560 g/mol. The first-order valence-corrected chi connectivity index (χ1v) is 14.4. The van der Waals surface area contributed by atoms with Gasteiger partial charge in [-0.15, -0.1) is 0 Å². The molecule has 8 nitrogen and oxygen atoms in total. The Kier molecular flexibility index (Phi) is 7.64. The standard InChI is InChI=1S/C30H42BFO8/c1-16-9-11-30-12-10-21(38-6)25(30)29(16,4)19(13-28(3,15-37-5)26(33)17(30)2)24(27(34)35)40-20-8-7-18-14-39-31(36)22(18)23(20)32/h7-8,16-17,19,21,24-25,36H,9-15H2,1-6H3,(H,34,35)/t16-,17+,19+,21-,24?,25-,28+,29-,30+/m1/s1. The number of hydrogen-bond acceptors (Lipinski definition) is 7. The van der Waals surface area contributed by atoms with Gasteiger partial charge in [0.2, 0.25) is 0 Å². The molecule has 4 aliphatic rings. The molecule has 5 rings (SSSR count). The fraction of sp³-hybridized carbons (Fsp3) is 0.733. The van der Waals surface area contributed by atoms with Crippen LogP contribution in [0.5, 0.6) is 5.75 Å². The molecule has 40 heavy (non-hydrogen) atoms. The van der Waals surface area contributed by atoms with Crippen molar-refractivity contribution in [2.45, 2.75) is 78.6 Å². The van der Waals surface area contributed by atoms with Crippen LogP contribution in [0.1, 0.15) is 65.4 Å². The number of methoxy groups -OCH3 is 2. The minimum Gasteiger partial charge on any atom is -0.478 e. The normalized spacial score (nSPS) is 39.8. The van der Waals surface area contributed by atoms with E-state index >= 15 is 4.39 Å². The van der Waals surface area contributed by atoms with E-state index in [1.165, 1.54) is 6.07 Å². The van der Waals surface area contributed by atoms with E-state index in [1.807, 2.05) is 13.8 Å². The fourth-order valence-electron chi connectivity index (χ4n) is 9.32. The summed E-state index contributed by atoms with van der Waals surface area (Å²) in [4.78, 5) is 27.4. The quantitative estimate of drug-likeness (QED) is 0.487. The Labute approximate surface area is 236 Å². The number of benzene rings is 1. The Morgan fingerprint density at radius 2 is 1.93 bits per heavy atom. The average Bonchev–Trinajstić information content (AvgIpc) is 3.50. The molecule has 0 saturated heterocycles. The van der Waals surface area contributed by atoms with Crippen LogP contribution in [-0.2, 0) is 30.3 Å². The highest BCUT2D eigenvalue weighted by Gasteiger charge is 2.69. The molecule has 1 aromatic rings. The number of carboxylic acids is 1. The summed E-state index contributed by atoms with van der Waals surface area (Å²) >= 11 is 0. The van der Waals surface area contributed by atoms with Gasteiger partial charge in [0.15, 0.2) is 17.7 Å². The molecule has 1 aromatic carbocycles. The van der Waals surface area contributed by atoms with Gasteiger partial charge in [0.1, 0.15) is 5.78 Å². The largest absolute Gasteiger partial charge is 0.494 e. The van der Waals surface area contributed by atoms with Gasteiger partial charge in [-0.3, -0.25) is 4.79 Å². The zero-order chi connectivity index (χ0) is 29.2. The number of halogens is 1. The van der Waals surface area contributed by atoms with Gasteiger partial charge in [-0.2, -0.15) is 0 Å². The Bertz CT molecular complexity index is 1180. The van der Waals surface area contributed by atoms with Gasteiger partial charge in [-0.25, -0.2) is 9.18 Å². The summed E-state index contributed by atoms with van der Waals surface area (Å²) in [7, 11) is 1.81. The molecular weight excluding hydrogens is 518 g/mol. The van der Waals surface area contributed by atoms with Gasteiger partial charge in [-0.05, 0) is 66.4 Å². The van der Waals surface area contributed by atoms with Crippen molar-refractivity contribution in [1.82, 2.24) is 0 Å². The number of hydrogen-bond donors (Lipinski definition) is 2. The van der Waals surface area contributed by atoms with Crippen LogP contribution in [0.25, 0.3) is 0 Å². The number of aliphatic carboxylic acids is 1. The topological polar surface area (TPSA) is 112 Å². The van der Waals surface area contributed by atoms with E-state index in [-0.39, 0.29) is 65.9 Å². The molecule has 2 N–H and O–H groups in total. The molecular formula is C30H42BFO8. The minimum absolute atomic E-state index is 0.0287. The number of ether oxygens (including phenoxy) is 3. The van der Waals surface area contributed by atoms with E-state index in [0.29, 0.717) is 5.56 Å². The monoisotopic (exact) mass is 560 g/mol. The lowest BCUT2D eigenvalue weighted by Crippen LogP contribution is -2.64. The third kappa shape index (κ3) is 4.16. The van der Waals surface area contributed by atoms with E-state index in [0.717, 1.165) is 25.7 Å². The smallest absolute Gasteiger partial charge is 0.478 e. The third-order valence-electron chi connectivity index (χ3n) is 11.5. The second-order valence-electron chi connectivity index (χ2n) is 13.2. The van der Waals surface area contributed by atoms with Crippen LogP contribution < -0.4 is 10.2 Å². The molecule has 0 spiro atoms. The van der Waals surface area contributed by atoms with Gasteiger partial charge in [0, 0.05) is 31.5 Å². The van der Waals surface area contributed by atoms with Gasteiger partial charge in [0.25, 0.3) is 0 Å². The van der Waals surface area contributed by atoms with Crippen molar-refractivity contribution in [2.75, 3.05) is 20.8 Å². The molecule has 2 bridgehead atoms. The maximum atomic E-state index is 15.6. The maximum absolute atomic E-state index is 15.6. The molecule has 0 aromatic heterocycles. The van der Waals surface area contributed by atoms with E-state index in [2.05, 4.69) is 13.8 Å². The summed E-state index contributed by atoms with van der Waals surface area (Å²) in [5.41, 5.74) is -1.43. The molecule has 3 fully saturated rings.